The highest BCUT2D eigenvalue weighted by atomic mass is 19.4. The van der Waals surface area contributed by atoms with Gasteiger partial charge in [-0.05, 0) is 57.4 Å². The molecule has 2 N–H and O–H groups in total. The number of aromatic nitrogens is 6. The van der Waals surface area contributed by atoms with E-state index in [2.05, 4.69) is 15.7 Å². The molecule has 0 aromatic carbocycles. The number of nitrogens with zero attached hydrogens (tertiary/aromatic N) is 6. The van der Waals surface area contributed by atoms with Crippen molar-refractivity contribution in [2.45, 2.75) is 102 Å². The average Bonchev–Trinajstić information content (AvgIpc) is 3.68. The highest BCUT2D eigenvalue weighted by Gasteiger charge is 2.45. The van der Waals surface area contributed by atoms with Gasteiger partial charge in [-0.2, -0.15) is 23.4 Å². The third-order valence-corrected chi connectivity index (χ3v) is 9.63. The predicted molar refractivity (Wildman–Crippen MR) is 157 cm³/mol. The van der Waals surface area contributed by atoms with E-state index in [1.165, 1.54) is 15.4 Å². The Morgan fingerprint density at radius 1 is 1.15 bits per heavy atom. The summed E-state index contributed by atoms with van der Waals surface area (Å²) in [6.07, 6.45) is 0.727. The number of hydrogen-bond donors (Lipinski definition) is 2. The first-order valence-electron chi connectivity index (χ1n) is 16.3. The van der Waals surface area contributed by atoms with Crippen LogP contribution in [0.1, 0.15) is 91.9 Å². The summed E-state index contributed by atoms with van der Waals surface area (Å²) in [6.45, 7) is 2.42. The van der Waals surface area contributed by atoms with Gasteiger partial charge in [-0.3, -0.25) is 14.3 Å². The predicted octanol–water partition coefficient (Wildman–Crippen LogP) is 4.61. The fraction of sp³-hybridized carbons (Fsp3) is 0.677. The van der Waals surface area contributed by atoms with Gasteiger partial charge in [-0.25, -0.2) is 23.3 Å². The Balaban J connectivity index is 1.34. The van der Waals surface area contributed by atoms with Gasteiger partial charge in [-0.1, -0.05) is 0 Å². The molecular weight excluding hydrogens is 627 g/mol. The van der Waals surface area contributed by atoms with Crippen LogP contribution in [0, 0.1) is 17.8 Å². The van der Waals surface area contributed by atoms with Gasteiger partial charge in [0, 0.05) is 57.5 Å². The van der Waals surface area contributed by atoms with Crippen molar-refractivity contribution in [3.05, 3.63) is 41.2 Å². The van der Waals surface area contributed by atoms with Crippen molar-refractivity contribution in [2.75, 3.05) is 13.2 Å². The van der Waals surface area contributed by atoms with Crippen LogP contribution in [0.5, 0.6) is 0 Å². The number of halogens is 5. The van der Waals surface area contributed by atoms with Crippen LogP contribution < -0.4 is 10.6 Å². The van der Waals surface area contributed by atoms with E-state index < -0.39 is 48.3 Å². The third-order valence-electron chi connectivity index (χ3n) is 9.63. The fourth-order valence-electron chi connectivity index (χ4n) is 6.94. The Bertz CT molecular complexity index is 1570. The van der Waals surface area contributed by atoms with Gasteiger partial charge in [0.1, 0.15) is 5.69 Å². The van der Waals surface area contributed by atoms with E-state index in [-0.39, 0.29) is 56.3 Å². The molecular formula is C31H39F5N8O3. The first-order valence-corrected chi connectivity index (χ1v) is 16.3. The van der Waals surface area contributed by atoms with Crippen LogP contribution >= 0.6 is 0 Å². The van der Waals surface area contributed by atoms with Gasteiger partial charge in [0.2, 0.25) is 11.8 Å². The smallest absolute Gasteiger partial charge is 0.378 e. The number of imidazole rings is 1. The average molecular weight is 667 g/mol. The Morgan fingerprint density at radius 2 is 1.94 bits per heavy atom. The molecule has 3 aliphatic rings. The number of piperidine rings is 1. The molecule has 256 valence electrons. The summed E-state index contributed by atoms with van der Waals surface area (Å²) in [4.78, 5) is 35.6. The van der Waals surface area contributed by atoms with Gasteiger partial charge in [0.05, 0.1) is 41.3 Å². The lowest BCUT2D eigenvalue weighted by molar-refractivity contribution is -0.183. The largest absolute Gasteiger partial charge is 0.393 e. The van der Waals surface area contributed by atoms with Crippen LogP contribution in [0.2, 0.25) is 0 Å². The van der Waals surface area contributed by atoms with E-state index in [0.717, 1.165) is 19.3 Å². The van der Waals surface area contributed by atoms with E-state index in [9.17, 15) is 31.5 Å². The third kappa shape index (κ3) is 7.57. The van der Waals surface area contributed by atoms with Crippen molar-refractivity contribution in [1.82, 2.24) is 40.0 Å². The first kappa shape index (κ1) is 33.2. The minimum absolute atomic E-state index is 0.0597. The molecule has 11 nitrogen and oxygen atoms in total. The number of aryl methyl sites for hydroxylation is 1. The summed E-state index contributed by atoms with van der Waals surface area (Å²) in [5.74, 6) is -6.46. The lowest BCUT2D eigenvalue weighted by atomic mass is 9.81. The van der Waals surface area contributed by atoms with Crippen molar-refractivity contribution in [3.63, 3.8) is 0 Å². The minimum atomic E-state index is -4.45. The van der Waals surface area contributed by atoms with E-state index in [4.69, 9.17) is 19.8 Å². The van der Waals surface area contributed by atoms with Gasteiger partial charge in [0.15, 0.2) is 0 Å². The number of alkyl halides is 5. The highest BCUT2D eigenvalue weighted by molar-refractivity contribution is 5.92. The molecule has 3 fully saturated rings. The topological polar surface area (TPSA) is 128 Å². The molecule has 1 saturated carbocycles. The summed E-state index contributed by atoms with van der Waals surface area (Å²) in [6, 6.07) is 0.835. The van der Waals surface area contributed by atoms with Crippen LogP contribution in [-0.2, 0) is 28.9 Å². The fourth-order valence-corrected chi connectivity index (χ4v) is 6.94. The molecule has 2 aliphatic heterocycles. The number of carbonyl (C=O) groups excluding carboxylic acids is 2. The monoisotopic (exact) mass is 666 g/mol. The normalized spacial score (nSPS) is 24.6. The van der Waals surface area contributed by atoms with Gasteiger partial charge in [-0.15, -0.1) is 0 Å². The first-order chi connectivity index (χ1) is 22.4. The maximum absolute atomic E-state index is 14.1. The maximum Gasteiger partial charge on any atom is 0.393 e. The lowest BCUT2D eigenvalue weighted by Crippen LogP contribution is -2.47. The van der Waals surface area contributed by atoms with E-state index >= 15 is 0 Å². The second-order valence-corrected chi connectivity index (χ2v) is 12.9. The number of ether oxygens (including phenoxy) is 1. The zero-order valence-electron chi connectivity index (χ0n) is 26.1. The number of rotatable bonds is 9. The van der Waals surface area contributed by atoms with E-state index in [1.54, 1.807) is 12.3 Å². The molecule has 0 radical (unpaired) electrons. The molecule has 1 aliphatic carbocycles. The van der Waals surface area contributed by atoms with Crippen molar-refractivity contribution < 1.29 is 36.3 Å². The molecule has 1 unspecified atom stereocenters. The molecule has 6 rings (SSSR count). The molecule has 2 amide bonds. The summed E-state index contributed by atoms with van der Waals surface area (Å²) >= 11 is 0. The van der Waals surface area contributed by atoms with Crippen LogP contribution in [0.25, 0.3) is 5.78 Å². The molecule has 0 spiro atoms. The minimum Gasteiger partial charge on any atom is -0.378 e. The number of carbonyl (C=O) groups is 2. The summed E-state index contributed by atoms with van der Waals surface area (Å²) in [5, 5.41) is 14.3. The summed E-state index contributed by atoms with van der Waals surface area (Å²) in [5.41, 5.74) is 1.54. The molecule has 16 heteroatoms. The zero-order chi connectivity index (χ0) is 33.3. The standard InChI is InChI=1S/C31H39F5N8O3/c1-2-43-25(8-11-38-43)28(46)41-26(18-6-9-30(32,33)10-7-18)24-17-44-29(40-24)39-22(15-21-5-3-4-12-47-21)23(42-44)14-19-13-20(31(34,35)36)16-37-27(19)45/h8,11,17-21,26H,2-7,9-10,12-16H2,1H3,(H,37,45)(H,41,46)/t19-,20-,21?,26+/m1/s1. The maximum atomic E-state index is 14.1. The number of hydrogen-bond acceptors (Lipinski definition) is 7. The Labute approximate surface area is 268 Å². The van der Waals surface area contributed by atoms with Gasteiger partial charge in [0.25, 0.3) is 11.7 Å². The second-order valence-electron chi connectivity index (χ2n) is 12.9. The van der Waals surface area contributed by atoms with Crippen LogP contribution in [0.3, 0.4) is 0 Å². The summed E-state index contributed by atoms with van der Waals surface area (Å²) in [7, 11) is 0. The SMILES string of the molecule is CCn1nccc1C(=O)N[C@H](c1cn2nc(C[C@H]3C[C@@H](C(F)(F)F)CNC3=O)c(CC3CCCCO3)nc2n1)C1CCC(F)(F)CC1. The van der Waals surface area contributed by atoms with Crippen LogP contribution in [0.4, 0.5) is 22.0 Å². The zero-order valence-corrected chi connectivity index (χ0v) is 26.1. The Kier molecular flexibility index (Phi) is 9.50. The molecule has 0 bridgehead atoms. The van der Waals surface area contributed by atoms with Crippen molar-refractivity contribution >= 4 is 17.6 Å². The number of amides is 2. The van der Waals surface area contributed by atoms with Gasteiger partial charge >= 0.3 is 6.18 Å². The Morgan fingerprint density at radius 3 is 2.64 bits per heavy atom. The highest BCUT2D eigenvalue weighted by Crippen LogP contribution is 2.41. The van der Waals surface area contributed by atoms with Crippen LogP contribution in [-0.4, -0.2) is 72.5 Å². The Hall–Kier alpha value is -3.69. The van der Waals surface area contributed by atoms with E-state index in [1.807, 2.05) is 6.92 Å². The lowest BCUT2D eigenvalue weighted by Gasteiger charge is -2.33. The molecule has 2 saturated heterocycles. The molecule has 5 heterocycles. The van der Waals surface area contributed by atoms with Crippen LogP contribution in [0.15, 0.2) is 18.5 Å². The second kappa shape index (κ2) is 13.4. The molecule has 3 aromatic heterocycles. The van der Waals surface area contributed by atoms with Crippen molar-refractivity contribution in [3.8, 4) is 0 Å². The van der Waals surface area contributed by atoms with Gasteiger partial charge < -0.3 is 15.4 Å². The van der Waals surface area contributed by atoms with E-state index in [0.29, 0.717) is 42.3 Å². The number of fused-ring (bicyclic) bond motifs is 1. The molecule has 47 heavy (non-hydrogen) atoms. The van der Waals surface area contributed by atoms with Crippen molar-refractivity contribution in [1.29, 1.82) is 0 Å². The van der Waals surface area contributed by atoms with Crippen molar-refractivity contribution in [2.24, 2.45) is 17.8 Å². The number of nitrogens with one attached hydrogen (secondary N) is 2. The summed E-state index contributed by atoms with van der Waals surface area (Å²) < 4.78 is 77.9. The molecule has 3 aromatic rings. The quantitative estimate of drug-likeness (QED) is 0.320. The molecule has 4 atom stereocenters.